The third-order valence-electron chi connectivity index (χ3n) is 3.37. The van der Waals surface area contributed by atoms with E-state index in [1.165, 1.54) is 25.1 Å². The van der Waals surface area contributed by atoms with Crippen molar-refractivity contribution in [2.24, 2.45) is 0 Å². The number of aromatic nitrogens is 1. The molecule has 1 amide bonds. The Balaban J connectivity index is 1.66. The van der Waals surface area contributed by atoms with Crippen LogP contribution in [-0.2, 0) is 9.53 Å². The van der Waals surface area contributed by atoms with E-state index in [1.807, 2.05) is 0 Å². The van der Waals surface area contributed by atoms with Crippen LogP contribution in [0.3, 0.4) is 0 Å². The maximum atomic E-state index is 12.0. The number of halogens is 1. The molecule has 2 heterocycles. The summed E-state index contributed by atoms with van der Waals surface area (Å²) in [6, 6.07) is 4.54. The van der Waals surface area contributed by atoms with Crippen LogP contribution in [0, 0.1) is 0 Å². The van der Waals surface area contributed by atoms with Crippen molar-refractivity contribution in [3.8, 4) is 11.5 Å². The largest absolute Gasteiger partial charge is 0.454 e. The highest BCUT2D eigenvalue weighted by molar-refractivity contribution is 9.10. The molecule has 1 aromatic heterocycles. The molecule has 0 aliphatic carbocycles. The average molecular weight is 409 g/mol. The van der Waals surface area contributed by atoms with Gasteiger partial charge in [0.2, 0.25) is 6.79 Å². The molecule has 1 aliphatic rings. The monoisotopic (exact) mass is 408 g/mol. The van der Waals surface area contributed by atoms with Gasteiger partial charge in [0.1, 0.15) is 5.69 Å². The smallest absolute Gasteiger partial charge is 0.355 e. The molecular formula is C16H13BrN2O6. The lowest BCUT2D eigenvalue weighted by atomic mass is 10.1. The molecule has 0 saturated heterocycles. The van der Waals surface area contributed by atoms with Crippen LogP contribution in [0.15, 0.2) is 28.9 Å². The Morgan fingerprint density at radius 3 is 2.60 bits per heavy atom. The molecule has 3 rings (SSSR count). The highest BCUT2D eigenvalue weighted by Gasteiger charge is 2.21. The molecule has 0 radical (unpaired) electrons. The van der Waals surface area contributed by atoms with Crippen molar-refractivity contribution in [1.82, 2.24) is 4.98 Å². The van der Waals surface area contributed by atoms with Gasteiger partial charge in [-0.15, -0.1) is 0 Å². The minimum atomic E-state index is -0.668. The molecule has 130 valence electrons. The number of aromatic amines is 1. The number of fused-ring (bicyclic) bond motifs is 1. The van der Waals surface area contributed by atoms with Gasteiger partial charge < -0.3 is 24.5 Å². The number of H-pyrrole nitrogens is 1. The van der Waals surface area contributed by atoms with Gasteiger partial charge >= 0.3 is 5.97 Å². The summed E-state index contributed by atoms with van der Waals surface area (Å²) < 4.78 is 16.1. The fourth-order valence-electron chi connectivity index (χ4n) is 2.22. The van der Waals surface area contributed by atoms with Crippen molar-refractivity contribution in [2.75, 3.05) is 18.7 Å². The van der Waals surface area contributed by atoms with E-state index in [0.29, 0.717) is 16.0 Å². The molecule has 0 atom stereocenters. The molecule has 1 aromatic carbocycles. The molecule has 9 heteroatoms. The molecule has 0 fully saturated rings. The van der Waals surface area contributed by atoms with E-state index in [4.69, 9.17) is 14.2 Å². The second kappa shape index (κ2) is 6.98. The predicted molar refractivity (Wildman–Crippen MR) is 90.0 cm³/mol. The van der Waals surface area contributed by atoms with Crippen molar-refractivity contribution in [3.63, 3.8) is 0 Å². The van der Waals surface area contributed by atoms with Gasteiger partial charge in [0, 0.05) is 22.3 Å². The van der Waals surface area contributed by atoms with Crippen LogP contribution in [0.4, 0.5) is 5.69 Å². The van der Waals surface area contributed by atoms with Crippen LogP contribution >= 0.6 is 15.9 Å². The predicted octanol–water partition coefficient (Wildman–Crippen LogP) is 2.50. The lowest BCUT2D eigenvalue weighted by molar-refractivity contribution is -0.119. The van der Waals surface area contributed by atoms with Gasteiger partial charge in [0.15, 0.2) is 23.9 Å². The molecule has 8 nitrogen and oxygen atoms in total. The normalized spacial score (nSPS) is 11.9. The Hall–Kier alpha value is -2.81. The number of hydrogen-bond donors (Lipinski definition) is 2. The Labute approximate surface area is 150 Å². The number of esters is 1. The van der Waals surface area contributed by atoms with Gasteiger partial charge in [-0.3, -0.25) is 9.59 Å². The number of ether oxygens (including phenoxy) is 3. The molecule has 0 unspecified atom stereocenters. The molecule has 2 N–H and O–H groups in total. The third-order valence-corrected chi connectivity index (χ3v) is 3.83. The quantitative estimate of drug-likeness (QED) is 0.581. The summed E-state index contributed by atoms with van der Waals surface area (Å²) in [4.78, 5) is 38.3. The van der Waals surface area contributed by atoms with E-state index >= 15 is 0 Å². The van der Waals surface area contributed by atoms with Crippen LogP contribution in [0.2, 0.25) is 0 Å². The summed E-state index contributed by atoms with van der Waals surface area (Å²) in [5.41, 5.74) is 0.754. The van der Waals surface area contributed by atoms with Crippen LogP contribution in [-0.4, -0.2) is 36.0 Å². The van der Waals surface area contributed by atoms with E-state index in [2.05, 4.69) is 26.2 Å². The number of rotatable bonds is 5. The number of anilines is 1. The lowest BCUT2D eigenvalue weighted by Gasteiger charge is -2.10. The van der Waals surface area contributed by atoms with Crippen LogP contribution in [0.25, 0.3) is 0 Å². The van der Waals surface area contributed by atoms with Crippen LogP contribution in [0.1, 0.15) is 27.8 Å². The lowest BCUT2D eigenvalue weighted by Crippen LogP contribution is -2.22. The van der Waals surface area contributed by atoms with Gasteiger partial charge in [0.05, 0.1) is 5.69 Å². The standard InChI is InChI=1S/C16H13BrN2O6/c1-8(20)10-3-13-14(25-7-24-13)4-11(10)19-15(21)6-23-16(22)12-2-9(17)5-18-12/h2-5,18H,6-7H2,1H3,(H,19,21). The number of carbonyl (C=O) groups excluding carboxylic acids is 3. The highest BCUT2D eigenvalue weighted by atomic mass is 79.9. The first-order valence-electron chi connectivity index (χ1n) is 7.19. The summed E-state index contributed by atoms with van der Waals surface area (Å²) in [6.07, 6.45) is 1.57. The first-order chi connectivity index (χ1) is 11.9. The van der Waals surface area contributed by atoms with Gasteiger partial charge in [-0.05, 0) is 35.0 Å². The first kappa shape index (κ1) is 17.0. The SMILES string of the molecule is CC(=O)c1cc2c(cc1NC(=O)COC(=O)c1cc(Br)c[nH]1)OCO2. The first-order valence-corrected chi connectivity index (χ1v) is 7.99. The minimum Gasteiger partial charge on any atom is -0.454 e. The van der Waals surface area contributed by atoms with E-state index < -0.39 is 18.5 Å². The average Bonchev–Trinajstić information content (AvgIpc) is 3.20. The Morgan fingerprint density at radius 2 is 1.96 bits per heavy atom. The molecule has 2 aromatic rings. The van der Waals surface area contributed by atoms with Gasteiger partial charge in [-0.25, -0.2) is 4.79 Å². The van der Waals surface area contributed by atoms with Gasteiger partial charge in [-0.1, -0.05) is 0 Å². The Bertz CT molecular complexity index is 860. The van der Waals surface area contributed by atoms with E-state index in [1.54, 1.807) is 6.20 Å². The summed E-state index contributed by atoms with van der Waals surface area (Å²) in [6.45, 7) is 0.922. The van der Waals surface area contributed by atoms with Crippen molar-refractivity contribution in [2.45, 2.75) is 6.92 Å². The van der Waals surface area contributed by atoms with E-state index in [0.717, 1.165) is 0 Å². The summed E-state index contributed by atoms with van der Waals surface area (Å²) in [5, 5.41) is 2.54. The highest BCUT2D eigenvalue weighted by Crippen LogP contribution is 2.37. The Kier molecular flexibility index (Phi) is 4.75. The second-order valence-corrected chi connectivity index (χ2v) is 6.08. The van der Waals surface area contributed by atoms with Crippen molar-refractivity contribution in [1.29, 1.82) is 0 Å². The van der Waals surface area contributed by atoms with Crippen molar-refractivity contribution in [3.05, 3.63) is 40.1 Å². The maximum Gasteiger partial charge on any atom is 0.355 e. The van der Waals surface area contributed by atoms with Gasteiger partial charge in [0.25, 0.3) is 5.91 Å². The number of nitrogens with one attached hydrogen (secondary N) is 2. The number of Topliss-reactive ketones (excluding diaryl/α,β-unsaturated/α-hetero) is 1. The van der Waals surface area contributed by atoms with Crippen LogP contribution < -0.4 is 14.8 Å². The van der Waals surface area contributed by atoms with E-state index in [9.17, 15) is 14.4 Å². The maximum absolute atomic E-state index is 12.0. The topological polar surface area (TPSA) is 107 Å². The number of ketones is 1. The fourth-order valence-corrected chi connectivity index (χ4v) is 2.56. The minimum absolute atomic E-state index is 0.0490. The third kappa shape index (κ3) is 3.82. The summed E-state index contributed by atoms with van der Waals surface area (Å²) in [7, 11) is 0. The fraction of sp³-hybridized carbons (Fsp3) is 0.188. The molecule has 25 heavy (non-hydrogen) atoms. The van der Waals surface area contributed by atoms with Crippen LogP contribution in [0.5, 0.6) is 11.5 Å². The zero-order chi connectivity index (χ0) is 18.0. The number of hydrogen-bond acceptors (Lipinski definition) is 6. The van der Waals surface area contributed by atoms with Gasteiger partial charge in [-0.2, -0.15) is 0 Å². The number of amides is 1. The molecule has 1 aliphatic heterocycles. The molecular weight excluding hydrogens is 396 g/mol. The molecule has 0 saturated carbocycles. The zero-order valence-corrected chi connectivity index (χ0v) is 14.6. The summed E-state index contributed by atoms with van der Waals surface area (Å²) >= 11 is 3.20. The zero-order valence-electron chi connectivity index (χ0n) is 13.1. The molecule has 0 bridgehead atoms. The molecule has 0 spiro atoms. The van der Waals surface area contributed by atoms with E-state index in [-0.39, 0.29) is 29.5 Å². The van der Waals surface area contributed by atoms with Crippen molar-refractivity contribution >= 4 is 39.3 Å². The number of carbonyl (C=O) groups is 3. The Morgan fingerprint density at radius 1 is 1.24 bits per heavy atom. The van der Waals surface area contributed by atoms with Crippen molar-refractivity contribution < 1.29 is 28.6 Å². The summed E-state index contributed by atoms with van der Waals surface area (Å²) in [5.74, 6) is -0.638. The number of benzene rings is 1. The second-order valence-electron chi connectivity index (χ2n) is 5.16.